The smallest absolute Gasteiger partial charge is 0.577 e. The zero-order valence-corrected chi connectivity index (χ0v) is 24.6. The largest absolute Gasteiger partial charge is 1.20 e. The molecule has 40 heavy (non-hydrogen) atoms. The van der Waals surface area contributed by atoms with E-state index in [1.54, 1.807) is 0 Å². The first-order chi connectivity index (χ1) is 19.6. The molecule has 3 aromatic rings. The van der Waals surface area contributed by atoms with Crippen LogP contribution in [-0.4, -0.2) is 15.1 Å². The lowest BCUT2D eigenvalue weighted by Gasteiger charge is -2.24. The minimum Gasteiger partial charge on any atom is -0.577 e. The zero-order chi connectivity index (χ0) is 28.7. The Hall–Kier alpha value is -3.97. The maximum atomic E-state index is 6.82. The Kier molecular flexibility index (Phi) is 12.4. The van der Waals surface area contributed by atoms with Crippen molar-refractivity contribution < 1.29 is 11.4 Å². The summed E-state index contributed by atoms with van der Waals surface area (Å²) in [4.78, 5) is 0. The number of hydrogen-bond donors (Lipinski definition) is 0. The van der Waals surface area contributed by atoms with Crippen molar-refractivity contribution >= 4 is 15.1 Å². The van der Waals surface area contributed by atoms with Gasteiger partial charge in [0.25, 0.3) is 0 Å². The zero-order valence-electron chi connectivity index (χ0n) is 23.4. The molecule has 0 heterocycles. The summed E-state index contributed by atoms with van der Waals surface area (Å²) < 4.78 is 20.5. The van der Waals surface area contributed by atoms with Gasteiger partial charge in [0.05, 0.1) is 17.2 Å². The molecule has 3 rings (SSSR count). The van der Waals surface area contributed by atoms with E-state index < -0.39 is 15.1 Å². The Balaban J connectivity index is 2.19. The summed E-state index contributed by atoms with van der Waals surface area (Å²) in [5.41, 5.74) is 6.14. The van der Waals surface area contributed by atoms with Gasteiger partial charge in [-0.15, -0.1) is 39.5 Å². The predicted octanol–water partition coefficient (Wildman–Crippen LogP) is 8.58. The molecule has 0 aliphatic carbocycles. The second kappa shape index (κ2) is 16.2. The first-order valence-corrected chi connectivity index (χ1v) is 15.0. The summed E-state index contributed by atoms with van der Waals surface area (Å²) in [5, 5.41) is 0. The van der Waals surface area contributed by atoms with Crippen LogP contribution in [0.2, 0.25) is 0 Å². The van der Waals surface area contributed by atoms with Gasteiger partial charge in [-0.25, -0.2) is 0 Å². The third-order valence-corrected chi connectivity index (χ3v) is 7.65. The molecule has 0 fully saturated rings. The average molecular weight is 547 g/mol. The van der Waals surface area contributed by atoms with E-state index in [4.69, 9.17) is 11.4 Å². The SMILES string of the molecule is C=CCc1cccc(CC=C)c1[O][Al]([O]c1c(CC=C)cccc1CC=C)[O]c1c(CC=C)cccc1CC=C. The van der Waals surface area contributed by atoms with Crippen molar-refractivity contribution in [1.29, 1.82) is 0 Å². The van der Waals surface area contributed by atoms with Crippen LogP contribution >= 0.6 is 0 Å². The van der Waals surface area contributed by atoms with Gasteiger partial charge in [-0.05, 0) is 71.9 Å². The van der Waals surface area contributed by atoms with Crippen molar-refractivity contribution in [3.8, 4) is 17.2 Å². The number of allylic oxidation sites excluding steroid dienone is 6. The maximum absolute atomic E-state index is 6.82. The van der Waals surface area contributed by atoms with Gasteiger partial charge in [-0.3, -0.25) is 0 Å². The molecule has 0 radical (unpaired) electrons. The van der Waals surface area contributed by atoms with Gasteiger partial charge < -0.3 is 11.4 Å². The molecule has 3 aromatic carbocycles. The molecular weight excluding hydrogens is 507 g/mol. The molecule has 0 saturated carbocycles. The fourth-order valence-electron chi connectivity index (χ4n) is 4.63. The molecule has 0 amide bonds. The second-order valence-electron chi connectivity index (χ2n) is 9.32. The highest BCUT2D eigenvalue weighted by Gasteiger charge is 2.47. The van der Waals surface area contributed by atoms with Crippen molar-refractivity contribution in [2.45, 2.75) is 38.5 Å². The summed E-state index contributed by atoms with van der Waals surface area (Å²) >= 11 is -2.94. The van der Waals surface area contributed by atoms with E-state index in [0.29, 0.717) is 38.5 Å². The van der Waals surface area contributed by atoms with Crippen LogP contribution in [0.15, 0.2) is 131 Å². The number of hydrogen-bond acceptors (Lipinski definition) is 3. The van der Waals surface area contributed by atoms with E-state index in [1.165, 1.54) is 0 Å². The van der Waals surface area contributed by atoms with Gasteiger partial charge in [0.15, 0.2) is 0 Å². The van der Waals surface area contributed by atoms with Gasteiger partial charge in [0, 0.05) is 0 Å². The second-order valence-corrected chi connectivity index (χ2v) is 10.6. The molecule has 3 nitrogen and oxygen atoms in total. The van der Waals surface area contributed by atoms with E-state index in [2.05, 4.69) is 75.9 Å². The van der Waals surface area contributed by atoms with Crippen LogP contribution in [0.4, 0.5) is 0 Å². The highest BCUT2D eigenvalue weighted by Crippen LogP contribution is 2.33. The average Bonchev–Trinajstić information content (AvgIpc) is 2.94. The standard InChI is InChI=1S/3C12H14O.Al/c3*1-3-6-10-8-5-9-11(7-4-2)12(10)13;/h3*3-5,8-9,13H,1-2,6-7H2;/q;;;+3/p-3. The molecule has 0 bridgehead atoms. The molecule has 0 N–H and O–H groups in total. The van der Waals surface area contributed by atoms with E-state index in [1.807, 2.05) is 54.7 Å². The van der Waals surface area contributed by atoms with Crippen molar-refractivity contribution in [3.63, 3.8) is 0 Å². The van der Waals surface area contributed by atoms with Gasteiger partial charge >= 0.3 is 15.1 Å². The summed E-state index contributed by atoms with van der Waals surface area (Å²) in [6.45, 7) is 23.7. The molecular formula is C36H39AlO3. The Bertz CT molecular complexity index is 1100. The van der Waals surface area contributed by atoms with Crippen molar-refractivity contribution in [2.75, 3.05) is 0 Å². The van der Waals surface area contributed by atoms with Gasteiger partial charge in [0.1, 0.15) is 0 Å². The fourth-order valence-corrected chi connectivity index (χ4v) is 6.26. The van der Waals surface area contributed by atoms with Crippen LogP contribution in [0, 0.1) is 0 Å². The summed E-state index contributed by atoms with van der Waals surface area (Å²) in [6, 6.07) is 18.4. The van der Waals surface area contributed by atoms with Gasteiger partial charge in [-0.1, -0.05) is 91.1 Å². The number of rotatable bonds is 18. The maximum Gasteiger partial charge on any atom is 1.20 e. The molecule has 0 aliphatic rings. The quantitative estimate of drug-likeness (QED) is 0.118. The summed E-state index contributed by atoms with van der Waals surface area (Å²) in [7, 11) is 0. The molecule has 204 valence electrons. The van der Waals surface area contributed by atoms with E-state index in [9.17, 15) is 0 Å². The molecule has 0 saturated heterocycles. The van der Waals surface area contributed by atoms with E-state index >= 15 is 0 Å². The molecule has 0 unspecified atom stereocenters. The number of benzene rings is 3. The fraction of sp³-hybridized carbons (Fsp3) is 0.167. The highest BCUT2D eigenvalue weighted by molar-refractivity contribution is 6.39. The first kappa shape index (κ1) is 30.6. The van der Waals surface area contributed by atoms with E-state index in [0.717, 1.165) is 50.6 Å². The molecule has 0 spiro atoms. The minimum absolute atomic E-state index is 0.658. The molecule has 0 atom stereocenters. The normalized spacial score (nSPS) is 10.2. The van der Waals surface area contributed by atoms with Crippen molar-refractivity contribution in [1.82, 2.24) is 0 Å². The van der Waals surface area contributed by atoms with Crippen LogP contribution in [0.5, 0.6) is 17.2 Å². The Labute approximate surface area is 245 Å². The minimum atomic E-state index is -2.94. The lowest BCUT2D eigenvalue weighted by atomic mass is 10.0. The third-order valence-electron chi connectivity index (χ3n) is 6.36. The Morgan fingerprint density at radius 3 is 0.775 bits per heavy atom. The Morgan fingerprint density at radius 1 is 0.400 bits per heavy atom. The molecule has 0 aromatic heterocycles. The first-order valence-electron chi connectivity index (χ1n) is 13.6. The van der Waals surface area contributed by atoms with Gasteiger partial charge in [0.2, 0.25) is 0 Å². The van der Waals surface area contributed by atoms with Crippen LogP contribution in [-0.2, 0) is 38.5 Å². The van der Waals surface area contributed by atoms with Gasteiger partial charge in [-0.2, -0.15) is 0 Å². The van der Waals surface area contributed by atoms with Crippen LogP contribution < -0.4 is 11.4 Å². The third kappa shape index (κ3) is 8.02. The van der Waals surface area contributed by atoms with E-state index in [-0.39, 0.29) is 0 Å². The molecule has 0 aliphatic heterocycles. The monoisotopic (exact) mass is 546 g/mol. The Morgan fingerprint density at radius 2 is 0.600 bits per heavy atom. The van der Waals surface area contributed by atoms with Crippen LogP contribution in [0.25, 0.3) is 0 Å². The topological polar surface area (TPSA) is 27.7 Å². The lowest BCUT2D eigenvalue weighted by molar-refractivity contribution is 0.300. The van der Waals surface area contributed by atoms with Crippen molar-refractivity contribution in [3.05, 3.63) is 164 Å². The summed E-state index contributed by atoms with van der Waals surface area (Å²) in [5.74, 6) is 2.28. The lowest BCUT2D eigenvalue weighted by Crippen LogP contribution is -2.38. The summed E-state index contributed by atoms with van der Waals surface area (Å²) in [6.07, 6.45) is 15.2. The predicted molar refractivity (Wildman–Crippen MR) is 170 cm³/mol. The van der Waals surface area contributed by atoms with Crippen molar-refractivity contribution in [2.24, 2.45) is 0 Å². The van der Waals surface area contributed by atoms with Crippen LogP contribution in [0.3, 0.4) is 0 Å². The molecule has 4 heteroatoms. The highest BCUT2D eigenvalue weighted by atomic mass is 27.3. The number of para-hydroxylation sites is 3. The van der Waals surface area contributed by atoms with Crippen LogP contribution in [0.1, 0.15) is 33.4 Å².